The summed E-state index contributed by atoms with van der Waals surface area (Å²) in [7, 11) is 2.13. The Balaban J connectivity index is 1.58. The largest absolute Gasteiger partial charge is 0.369 e. The Morgan fingerprint density at radius 2 is 1.81 bits per heavy atom. The highest BCUT2D eigenvalue weighted by atomic mass is 35.5. The first-order valence-corrected chi connectivity index (χ1v) is 9.06. The number of nitro benzene ring substituents is 1. The van der Waals surface area contributed by atoms with E-state index in [2.05, 4.69) is 34.3 Å². The average Bonchev–Trinajstić information content (AvgIpc) is 2.67. The molecule has 1 aliphatic heterocycles. The number of hydrogen-bond donors (Lipinski definition) is 1. The summed E-state index contributed by atoms with van der Waals surface area (Å²) in [5, 5.41) is 13.6. The summed E-state index contributed by atoms with van der Waals surface area (Å²) in [5.74, 6) is -0.363. The highest BCUT2D eigenvalue weighted by Gasteiger charge is 2.16. The zero-order valence-corrected chi connectivity index (χ0v) is 15.8. The van der Waals surface area contributed by atoms with Crippen molar-refractivity contribution in [3.63, 3.8) is 0 Å². The van der Waals surface area contributed by atoms with Gasteiger partial charge in [-0.25, -0.2) is 0 Å². The zero-order chi connectivity index (χ0) is 19.4. The van der Waals surface area contributed by atoms with Crippen molar-refractivity contribution < 1.29 is 9.72 Å². The van der Waals surface area contributed by atoms with Crippen LogP contribution in [0, 0.1) is 10.1 Å². The minimum absolute atomic E-state index is 0.0621. The average molecular weight is 389 g/mol. The van der Waals surface area contributed by atoms with Gasteiger partial charge in [0.1, 0.15) is 0 Å². The van der Waals surface area contributed by atoms with E-state index in [1.807, 2.05) is 12.1 Å². The fourth-order valence-corrected chi connectivity index (χ4v) is 3.23. The van der Waals surface area contributed by atoms with Crippen LogP contribution >= 0.6 is 11.6 Å². The van der Waals surface area contributed by atoms with Crippen LogP contribution in [0.2, 0.25) is 5.02 Å². The Morgan fingerprint density at radius 3 is 2.41 bits per heavy atom. The smallest absolute Gasteiger partial charge is 0.270 e. The van der Waals surface area contributed by atoms with Gasteiger partial charge in [-0.3, -0.25) is 14.9 Å². The van der Waals surface area contributed by atoms with Gasteiger partial charge >= 0.3 is 0 Å². The number of piperazine rings is 1. The number of nitrogens with one attached hydrogen (secondary N) is 1. The molecule has 0 atom stereocenters. The summed E-state index contributed by atoms with van der Waals surface area (Å²) in [6.45, 7) is 4.47. The van der Waals surface area contributed by atoms with Gasteiger partial charge in [0, 0.05) is 50.5 Å². The van der Waals surface area contributed by atoms with E-state index in [1.165, 1.54) is 23.9 Å². The molecule has 7 nitrogen and oxygen atoms in total. The maximum absolute atomic E-state index is 12.3. The highest BCUT2D eigenvalue weighted by Crippen LogP contribution is 2.22. The van der Waals surface area contributed by atoms with Crippen LogP contribution < -0.4 is 10.2 Å². The van der Waals surface area contributed by atoms with Gasteiger partial charge in [-0.1, -0.05) is 23.7 Å². The quantitative estimate of drug-likeness (QED) is 0.629. The molecule has 1 amide bonds. The summed E-state index contributed by atoms with van der Waals surface area (Å²) in [6, 6.07) is 11.9. The predicted molar refractivity (Wildman–Crippen MR) is 105 cm³/mol. The van der Waals surface area contributed by atoms with Crippen LogP contribution in [0.3, 0.4) is 0 Å². The van der Waals surface area contributed by atoms with Crippen molar-refractivity contribution >= 4 is 28.9 Å². The summed E-state index contributed by atoms with van der Waals surface area (Å²) >= 11 is 5.99. The lowest BCUT2D eigenvalue weighted by atomic mass is 10.1. The van der Waals surface area contributed by atoms with E-state index in [1.54, 1.807) is 0 Å². The second-order valence-corrected chi connectivity index (χ2v) is 6.97. The van der Waals surface area contributed by atoms with Gasteiger partial charge in [0.25, 0.3) is 11.6 Å². The second-order valence-electron chi connectivity index (χ2n) is 6.56. The van der Waals surface area contributed by atoms with Gasteiger partial charge < -0.3 is 15.1 Å². The van der Waals surface area contributed by atoms with Crippen molar-refractivity contribution in [2.24, 2.45) is 0 Å². The number of anilines is 1. The van der Waals surface area contributed by atoms with Crippen LogP contribution in [-0.2, 0) is 6.54 Å². The molecule has 1 fully saturated rings. The van der Waals surface area contributed by atoms with E-state index in [-0.39, 0.29) is 22.2 Å². The molecule has 0 radical (unpaired) electrons. The van der Waals surface area contributed by atoms with Gasteiger partial charge in [-0.05, 0) is 30.8 Å². The minimum atomic E-state index is -0.546. The van der Waals surface area contributed by atoms with E-state index < -0.39 is 4.92 Å². The van der Waals surface area contributed by atoms with Crippen molar-refractivity contribution in [1.29, 1.82) is 0 Å². The van der Waals surface area contributed by atoms with Crippen LogP contribution in [0.25, 0.3) is 0 Å². The fourth-order valence-electron chi connectivity index (χ4n) is 2.97. The number of carbonyl (C=O) groups excluding carboxylic acids is 1. The molecule has 3 rings (SSSR count). The van der Waals surface area contributed by atoms with Gasteiger partial charge in [0.05, 0.1) is 15.5 Å². The van der Waals surface area contributed by atoms with Crippen molar-refractivity contribution in [3.8, 4) is 0 Å². The first kappa shape index (κ1) is 19.1. The Morgan fingerprint density at radius 1 is 1.15 bits per heavy atom. The molecule has 1 N–H and O–H groups in total. The number of likely N-dealkylation sites (N-methyl/N-ethyl adjacent to an activating group) is 1. The van der Waals surface area contributed by atoms with Crippen LogP contribution in [0.5, 0.6) is 0 Å². The molecule has 0 aromatic heterocycles. The van der Waals surface area contributed by atoms with Crippen LogP contribution in [0.15, 0.2) is 42.5 Å². The second kappa shape index (κ2) is 8.37. The summed E-state index contributed by atoms with van der Waals surface area (Å²) in [4.78, 5) is 27.1. The Bertz CT molecular complexity index is 833. The number of nitrogens with zero attached hydrogens (tertiary/aromatic N) is 3. The number of halogens is 1. The van der Waals surface area contributed by atoms with Crippen molar-refractivity contribution in [2.45, 2.75) is 6.54 Å². The lowest BCUT2D eigenvalue weighted by molar-refractivity contribution is -0.384. The Hall–Kier alpha value is -2.64. The van der Waals surface area contributed by atoms with E-state index in [0.29, 0.717) is 6.54 Å². The molecule has 0 bridgehead atoms. The molecule has 0 aliphatic carbocycles. The van der Waals surface area contributed by atoms with Crippen LogP contribution in [0.4, 0.5) is 11.4 Å². The van der Waals surface area contributed by atoms with Gasteiger partial charge in [0.15, 0.2) is 0 Å². The maximum atomic E-state index is 12.3. The fraction of sp³-hybridized carbons (Fsp3) is 0.316. The molecule has 1 saturated heterocycles. The van der Waals surface area contributed by atoms with Gasteiger partial charge in [-0.2, -0.15) is 0 Å². The van der Waals surface area contributed by atoms with E-state index in [9.17, 15) is 14.9 Å². The third kappa shape index (κ3) is 4.75. The number of non-ortho nitro benzene ring substituents is 1. The lowest BCUT2D eigenvalue weighted by Gasteiger charge is -2.34. The summed E-state index contributed by atoms with van der Waals surface area (Å²) < 4.78 is 0. The number of rotatable bonds is 5. The first-order valence-electron chi connectivity index (χ1n) is 8.68. The van der Waals surface area contributed by atoms with Crippen LogP contribution in [-0.4, -0.2) is 49.0 Å². The molecule has 1 aliphatic rings. The Kier molecular flexibility index (Phi) is 5.93. The standard InChI is InChI=1S/C19H21ClN4O3/c1-22-8-10-23(11-9-22)15-4-2-14(3-5-15)13-21-19(25)17-7-6-16(24(26)27)12-18(17)20/h2-7,12H,8-11,13H2,1H3,(H,21,25). The highest BCUT2D eigenvalue weighted by molar-refractivity contribution is 6.34. The molecular formula is C19H21ClN4O3. The molecule has 0 spiro atoms. The maximum Gasteiger partial charge on any atom is 0.270 e. The normalized spacial score (nSPS) is 14.8. The molecule has 0 unspecified atom stereocenters. The van der Waals surface area contributed by atoms with Gasteiger partial charge in [0.2, 0.25) is 0 Å². The molecule has 2 aromatic rings. The molecular weight excluding hydrogens is 368 g/mol. The van der Waals surface area contributed by atoms with Crippen LogP contribution in [0.1, 0.15) is 15.9 Å². The summed E-state index contributed by atoms with van der Waals surface area (Å²) in [5.41, 5.74) is 2.23. The molecule has 0 saturated carbocycles. The SMILES string of the molecule is CN1CCN(c2ccc(CNC(=O)c3ccc([N+](=O)[O-])cc3Cl)cc2)CC1. The Labute approximate surface area is 162 Å². The molecule has 27 heavy (non-hydrogen) atoms. The molecule has 1 heterocycles. The number of carbonyl (C=O) groups is 1. The predicted octanol–water partition coefficient (Wildman–Crippen LogP) is 2.93. The summed E-state index contributed by atoms with van der Waals surface area (Å²) in [6.07, 6.45) is 0. The number of amides is 1. The van der Waals surface area contributed by atoms with Crippen molar-refractivity contribution in [1.82, 2.24) is 10.2 Å². The monoisotopic (exact) mass is 388 g/mol. The van der Waals surface area contributed by atoms with Crippen molar-refractivity contribution in [2.75, 3.05) is 38.1 Å². The zero-order valence-electron chi connectivity index (χ0n) is 15.0. The van der Waals surface area contributed by atoms with Crippen molar-refractivity contribution in [3.05, 3.63) is 68.7 Å². The third-order valence-electron chi connectivity index (χ3n) is 4.67. The van der Waals surface area contributed by atoms with E-state index >= 15 is 0 Å². The van der Waals surface area contributed by atoms with E-state index in [0.717, 1.165) is 31.7 Å². The first-order chi connectivity index (χ1) is 12.9. The minimum Gasteiger partial charge on any atom is -0.369 e. The molecule has 8 heteroatoms. The number of benzene rings is 2. The topological polar surface area (TPSA) is 78.7 Å². The van der Waals surface area contributed by atoms with E-state index in [4.69, 9.17) is 11.6 Å². The number of nitro groups is 1. The molecule has 2 aromatic carbocycles. The lowest BCUT2D eigenvalue weighted by Crippen LogP contribution is -2.44. The van der Waals surface area contributed by atoms with Gasteiger partial charge in [-0.15, -0.1) is 0 Å². The molecule has 142 valence electrons. The number of hydrogen-bond acceptors (Lipinski definition) is 5. The third-order valence-corrected chi connectivity index (χ3v) is 4.98.